The Morgan fingerprint density at radius 1 is 1.21 bits per heavy atom. The van der Waals surface area contributed by atoms with Gasteiger partial charge in [-0.05, 0) is 62.6 Å². The van der Waals surface area contributed by atoms with Crippen LogP contribution in [0.2, 0.25) is 0 Å². The van der Waals surface area contributed by atoms with E-state index in [1.165, 1.54) is 27.8 Å². The van der Waals surface area contributed by atoms with E-state index in [1.807, 2.05) is 12.1 Å². The van der Waals surface area contributed by atoms with Crippen molar-refractivity contribution in [3.8, 4) is 0 Å². The maximum Gasteiger partial charge on any atom is 0.112 e. The lowest BCUT2D eigenvalue weighted by atomic mass is 9.82. The number of alkyl halides is 1. The summed E-state index contributed by atoms with van der Waals surface area (Å²) >= 11 is 0. The first-order chi connectivity index (χ1) is 14.0. The minimum Gasteiger partial charge on any atom is -0.387 e. The van der Waals surface area contributed by atoms with Crippen LogP contribution in [0.3, 0.4) is 0 Å². The highest BCUT2D eigenvalue weighted by Crippen LogP contribution is 2.49. The first-order valence-electron chi connectivity index (χ1n) is 10.6. The van der Waals surface area contributed by atoms with Crippen molar-refractivity contribution in [2.24, 2.45) is 0 Å². The van der Waals surface area contributed by atoms with Gasteiger partial charge in [-0.25, -0.2) is 4.39 Å². The Labute approximate surface area is 171 Å². The van der Waals surface area contributed by atoms with Gasteiger partial charge in [0.2, 0.25) is 0 Å². The van der Waals surface area contributed by atoms with Gasteiger partial charge in [-0.15, -0.1) is 0 Å². The first kappa shape index (κ1) is 18.8. The summed E-state index contributed by atoms with van der Waals surface area (Å²) in [5, 5.41) is 12.1. The molecule has 5 heteroatoms. The lowest BCUT2D eigenvalue weighted by molar-refractivity contribution is 0.0902. The monoisotopic (exact) mass is 393 g/mol. The predicted octanol–water partition coefficient (Wildman–Crippen LogP) is 4.20. The zero-order valence-electron chi connectivity index (χ0n) is 17.2. The zero-order valence-corrected chi connectivity index (χ0v) is 17.2. The van der Waals surface area contributed by atoms with Crippen LogP contribution in [0.4, 0.5) is 4.39 Å². The molecule has 0 bridgehead atoms. The molecule has 0 saturated carbocycles. The van der Waals surface area contributed by atoms with Crippen molar-refractivity contribution in [2.75, 3.05) is 19.8 Å². The van der Waals surface area contributed by atoms with Crippen LogP contribution < -0.4 is 0 Å². The molecule has 1 N–H and O–H groups in total. The number of hydrogen-bond donors (Lipinski definition) is 1. The Balaban J connectivity index is 1.73. The molecule has 1 fully saturated rings. The number of aliphatic hydroxyl groups excluding tert-OH is 1. The van der Waals surface area contributed by atoms with Crippen LogP contribution in [0.15, 0.2) is 36.7 Å². The molecule has 2 unspecified atom stereocenters. The van der Waals surface area contributed by atoms with E-state index in [0.29, 0.717) is 6.54 Å². The summed E-state index contributed by atoms with van der Waals surface area (Å²) in [6.07, 6.45) is 5.61. The molecule has 5 rings (SSSR count). The lowest BCUT2D eigenvalue weighted by Crippen LogP contribution is -2.48. The number of aryl methyl sites for hydroxylation is 2. The summed E-state index contributed by atoms with van der Waals surface area (Å²) in [4.78, 5) is 6.42. The van der Waals surface area contributed by atoms with Crippen LogP contribution in [-0.2, 0) is 18.5 Å². The molecular formula is C24H28FN3O. The van der Waals surface area contributed by atoms with Crippen LogP contribution in [0.5, 0.6) is 0 Å². The third kappa shape index (κ3) is 2.75. The first-order valence-corrected chi connectivity index (χ1v) is 10.6. The largest absolute Gasteiger partial charge is 0.387 e. The van der Waals surface area contributed by atoms with Gasteiger partial charge in [0.1, 0.15) is 6.67 Å². The van der Waals surface area contributed by atoms with E-state index in [2.05, 4.69) is 40.4 Å². The molecule has 0 radical (unpaired) electrons. The molecule has 152 valence electrons. The minimum absolute atomic E-state index is 0.348. The van der Waals surface area contributed by atoms with Crippen molar-refractivity contribution < 1.29 is 9.50 Å². The third-order valence-electron chi connectivity index (χ3n) is 6.97. The maximum absolute atomic E-state index is 14.7. The van der Waals surface area contributed by atoms with Gasteiger partial charge < -0.3 is 9.67 Å². The van der Waals surface area contributed by atoms with Gasteiger partial charge in [0.25, 0.3) is 0 Å². The van der Waals surface area contributed by atoms with Gasteiger partial charge >= 0.3 is 0 Å². The summed E-state index contributed by atoms with van der Waals surface area (Å²) in [5.74, 6) is 0. The molecule has 4 heterocycles. The fourth-order valence-electron chi connectivity index (χ4n) is 5.78. The van der Waals surface area contributed by atoms with E-state index in [1.54, 1.807) is 12.4 Å². The molecule has 2 aliphatic rings. The number of benzene rings is 1. The van der Waals surface area contributed by atoms with Crippen molar-refractivity contribution in [3.63, 3.8) is 0 Å². The third-order valence-corrected chi connectivity index (χ3v) is 6.97. The number of nitrogens with zero attached hydrogens (tertiary/aromatic N) is 3. The normalized spacial score (nSPS) is 22.6. The second-order valence-corrected chi connectivity index (χ2v) is 8.71. The highest BCUT2D eigenvalue weighted by molar-refractivity contribution is 5.90. The second-order valence-electron chi connectivity index (χ2n) is 8.71. The average molecular weight is 394 g/mol. The van der Waals surface area contributed by atoms with E-state index < -0.39 is 11.6 Å². The quantitative estimate of drug-likeness (QED) is 0.722. The lowest BCUT2D eigenvalue weighted by Gasteiger charge is -2.41. The van der Waals surface area contributed by atoms with Crippen LogP contribution in [0, 0.1) is 13.8 Å². The van der Waals surface area contributed by atoms with Crippen molar-refractivity contribution in [1.29, 1.82) is 0 Å². The van der Waals surface area contributed by atoms with Crippen molar-refractivity contribution in [1.82, 2.24) is 14.5 Å². The van der Waals surface area contributed by atoms with E-state index in [0.717, 1.165) is 43.4 Å². The summed E-state index contributed by atoms with van der Waals surface area (Å²) in [5.41, 5.74) is 6.28. The smallest absolute Gasteiger partial charge is 0.112 e. The maximum atomic E-state index is 14.7. The molecule has 2 aromatic heterocycles. The second kappa shape index (κ2) is 6.92. The Morgan fingerprint density at radius 2 is 2.00 bits per heavy atom. The van der Waals surface area contributed by atoms with E-state index in [4.69, 9.17) is 0 Å². The molecule has 0 amide bonds. The van der Waals surface area contributed by atoms with Crippen LogP contribution >= 0.6 is 0 Å². The molecule has 3 aromatic rings. The Bertz CT molecular complexity index is 1060. The highest BCUT2D eigenvalue weighted by atomic mass is 19.1. The number of rotatable bonds is 4. The molecule has 4 nitrogen and oxygen atoms in total. The predicted molar refractivity (Wildman–Crippen MR) is 113 cm³/mol. The molecule has 1 aromatic carbocycles. The number of aromatic nitrogens is 2. The molecule has 0 spiro atoms. The van der Waals surface area contributed by atoms with Gasteiger partial charge in [-0.3, -0.25) is 9.88 Å². The zero-order chi connectivity index (χ0) is 20.2. The molecule has 29 heavy (non-hydrogen) atoms. The van der Waals surface area contributed by atoms with Gasteiger partial charge in [0.15, 0.2) is 0 Å². The van der Waals surface area contributed by atoms with E-state index >= 15 is 0 Å². The van der Waals surface area contributed by atoms with Crippen LogP contribution in [0.25, 0.3) is 10.9 Å². The fourth-order valence-corrected chi connectivity index (χ4v) is 5.78. The highest BCUT2D eigenvalue weighted by Gasteiger charge is 2.48. The average Bonchev–Trinajstić information content (AvgIpc) is 3.28. The molecular weight excluding hydrogens is 365 g/mol. The molecule has 0 aliphatic carbocycles. The van der Waals surface area contributed by atoms with Crippen LogP contribution in [0.1, 0.15) is 46.9 Å². The Kier molecular flexibility index (Phi) is 4.48. The fraction of sp³-hybridized carbons (Fsp3) is 0.458. The number of pyridine rings is 1. The summed E-state index contributed by atoms with van der Waals surface area (Å²) in [7, 11) is 0. The van der Waals surface area contributed by atoms with E-state index in [-0.39, 0.29) is 6.67 Å². The number of halogens is 1. The molecule has 2 aliphatic heterocycles. The summed E-state index contributed by atoms with van der Waals surface area (Å²) in [6, 6.07) is 8.14. The molecule has 2 atom stereocenters. The Morgan fingerprint density at radius 3 is 2.76 bits per heavy atom. The minimum atomic E-state index is -0.624. The van der Waals surface area contributed by atoms with Crippen LogP contribution in [-0.4, -0.2) is 39.3 Å². The van der Waals surface area contributed by atoms with Crippen molar-refractivity contribution in [3.05, 3.63) is 64.6 Å². The van der Waals surface area contributed by atoms with Gasteiger partial charge in [0.05, 0.1) is 23.7 Å². The number of fused-ring (bicyclic) bond motifs is 5. The standard InChI is InChI=1S/C24H28FN3O/c1-16-12-17(2)23-19(13-16)22-20(6-11-27-10-3-7-24(22,27)15-25)28(23)14-21(29)18-4-8-26-9-5-18/h4-5,8-9,12-13,21,29H,3,6-7,10-11,14-15H2,1-2H3. The SMILES string of the molecule is Cc1cc(C)c2c(c1)c1c(n2CC(O)c2ccncc2)CCN2CCCC12CF. The van der Waals surface area contributed by atoms with Crippen molar-refractivity contribution in [2.45, 2.75) is 51.3 Å². The van der Waals surface area contributed by atoms with Gasteiger partial charge in [0, 0.05) is 42.0 Å². The molecule has 1 saturated heterocycles. The topological polar surface area (TPSA) is 41.3 Å². The Hall–Kier alpha value is -2.24. The van der Waals surface area contributed by atoms with Crippen molar-refractivity contribution >= 4 is 10.9 Å². The summed E-state index contributed by atoms with van der Waals surface area (Å²) < 4.78 is 16.9. The number of aliphatic hydroxyl groups is 1. The number of hydrogen-bond acceptors (Lipinski definition) is 3. The summed E-state index contributed by atoms with van der Waals surface area (Å²) in [6.45, 7) is 6.22. The van der Waals surface area contributed by atoms with Gasteiger partial charge in [-0.1, -0.05) is 11.6 Å². The van der Waals surface area contributed by atoms with E-state index in [9.17, 15) is 9.50 Å². The van der Waals surface area contributed by atoms with Gasteiger partial charge in [-0.2, -0.15) is 0 Å².